The largest absolute Gasteiger partial charge is 0.409 e. The minimum absolute atomic E-state index is 0.207. The standard InChI is InChI=1S/C12H16ClN5OS/c1-12(2,11(14)16-19)5-6-15-9-7(13)3-4-8-10(9)18-20-17-8/h3-4,15,19H,5-6H2,1-2H3,(H2,14,16). The van der Waals surface area contributed by atoms with Crippen molar-refractivity contribution in [2.75, 3.05) is 11.9 Å². The van der Waals surface area contributed by atoms with Gasteiger partial charge in [0.05, 0.1) is 22.4 Å². The predicted octanol–water partition coefficient (Wildman–Crippen LogP) is 2.92. The Labute approximate surface area is 126 Å². The van der Waals surface area contributed by atoms with Crippen molar-refractivity contribution in [1.29, 1.82) is 0 Å². The number of hydrogen-bond acceptors (Lipinski definition) is 6. The average molecular weight is 314 g/mol. The van der Waals surface area contributed by atoms with Gasteiger partial charge >= 0.3 is 0 Å². The SMILES string of the molecule is CC(C)(CCNc1c(Cl)ccc2nsnc12)C(N)=NO. The lowest BCUT2D eigenvalue weighted by molar-refractivity contribution is 0.306. The third-order valence-electron chi connectivity index (χ3n) is 3.23. The molecule has 2 rings (SSSR count). The zero-order chi connectivity index (χ0) is 14.8. The second-order valence-corrected chi connectivity index (χ2v) is 6.04. The number of rotatable bonds is 5. The normalized spacial score (nSPS) is 12.8. The lowest BCUT2D eigenvalue weighted by Gasteiger charge is -2.23. The first-order chi connectivity index (χ1) is 9.45. The summed E-state index contributed by atoms with van der Waals surface area (Å²) in [6.07, 6.45) is 0.688. The monoisotopic (exact) mass is 313 g/mol. The molecule has 20 heavy (non-hydrogen) atoms. The highest BCUT2D eigenvalue weighted by atomic mass is 35.5. The number of aromatic nitrogens is 2. The minimum atomic E-state index is -0.400. The van der Waals surface area contributed by atoms with Crippen LogP contribution in [0, 0.1) is 5.41 Å². The maximum Gasteiger partial charge on any atom is 0.144 e. The molecule has 0 aliphatic rings. The molecule has 0 atom stereocenters. The van der Waals surface area contributed by atoms with Gasteiger partial charge in [0, 0.05) is 12.0 Å². The summed E-state index contributed by atoms with van der Waals surface area (Å²) in [6.45, 7) is 4.45. The fraction of sp³-hybridized carbons (Fsp3) is 0.417. The molecule has 0 saturated heterocycles. The molecule has 6 nitrogen and oxygen atoms in total. The Morgan fingerprint density at radius 1 is 1.50 bits per heavy atom. The number of benzene rings is 1. The summed E-state index contributed by atoms with van der Waals surface area (Å²) in [5, 5.41) is 15.7. The van der Waals surface area contributed by atoms with Gasteiger partial charge in [0.15, 0.2) is 0 Å². The van der Waals surface area contributed by atoms with E-state index in [0.717, 1.165) is 28.4 Å². The molecule has 0 aliphatic carbocycles. The molecule has 1 heterocycles. The Hall–Kier alpha value is -1.60. The zero-order valence-corrected chi connectivity index (χ0v) is 12.8. The molecule has 8 heteroatoms. The molecule has 4 N–H and O–H groups in total. The Kier molecular flexibility index (Phi) is 4.29. The van der Waals surface area contributed by atoms with Crippen LogP contribution in [0.2, 0.25) is 5.02 Å². The van der Waals surface area contributed by atoms with E-state index >= 15 is 0 Å². The molecule has 0 amide bonds. The fourth-order valence-corrected chi connectivity index (χ4v) is 2.52. The number of fused-ring (bicyclic) bond motifs is 1. The van der Waals surface area contributed by atoms with Crippen LogP contribution in [0.5, 0.6) is 0 Å². The van der Waals surface area contributed by atoms with Crippen LogP contribution in [0.25, 0.3) is 11.0 Å². The first-order valence-electron chi connectivity index (χ1n) is 6.08. The number of hydrogen-bond donors (Lipinski definition) is 3. The number of nitrogens with zero attached hydrogens (tertiary/aromatic N) is 3. The number of nitrogens with two attached hydrogens (primary N) is 1. The third kappa shape index (κ3) is 2.94. The molecule has 0 radical (unpaired) electrons. The van der Waals surface area contributed by atoms with Crippen molar-refractivity contribution in [3.05, 3.63) is 17.2 Å². The molecule has 2 aromatic rings. The molecular weight excluding hydrogens is 298 g/mol. The molecule has 0 saturated carbocycles. The van der Waals surface area contributed by atoms with Crippen molar-refractivity contribution in [1.82, 2.24) is 8.75 Å². The minimum Gasteiger partial charge on any atom is -0.409 e. The Morgan fingerprint density at radius 2 is 2.25 bits per heavy atom. The summed E-state index contributed by atoms with van der Waals surface area (Å²) >= 11 is 7.34. The van der Waals surface area contributed by atoms with Crippen LogP contribution in [0.4, 0.5) is 5.69 Å². The average Bonchev–Trinajstić information content (AvgIpc) is 2.88. The molecule has 0 fully saturated rings. The highest BCUT2D eigenvalue weighted by Crippen LogP contribution is 2.30. The van der Waals surface area contributed by atoms with Gasteiger partial charge in [-0.1, -0.05) is 30.6 Å². The Morgan fingerprint density at radius 3 is 2.95 bits per heavy atom. The third-order valence-corrected chi connectivity index (χ3v) is 4.09. The Bertz CT molecular complexity index is 640. The smallest absolute Gasteiger partial charge is 0.144 e. The summed E-state index contributed by atoms with van der Waals surface area (Å²) in [6, 6.07) is 3.63. The van der Waals surface area contributed by atoms with Crippen molar-refractivity contribution in [2.24, 2.45) is 16.3 Å². The second-order valence-electron chi connectivity index (χ2n) is 5.10. The van der Waals surface area contributed by atoms with Crippen molar-refractivity contribution >= 4 is 45.9 Å². The molecule has 1 aromatic carbocycles. The van der Waals surface area contributed by atoms with Crippen LogP contribution in [-0.4, -0.2) is 26.3 Å². The fourth-order valence-electron chi connectivity index (χ4n) is 1.76. The molecule has 0 bridgehead atoms. The van der Waals surface area contributed by atoms with Gasteiger partial charge in [0.2, 0.25) is 0 Å². The van der Waals surface area contributed by atoms with Crippen LogP contribution in [-0.2, 0) is 0 Å². The molecular formula is C12H16ClN5OS. The van der Waals surface area contributed by atoms with Crippen LogP contribution in [0.15, 0.2) is 17.3 Å². The van der Waals surface area contributed by atoms with Gasteiger partial charge in [-0.3, -0.25) is 0 Å². The van der Waals surface area contributed by atoms with Gasteiger partial charge in [-0.2, -0.15) is 8.75 Å². The molecule has 1 aromatic heterocycles. The van der Waals surface area contributed by atoms with Crippen molar-refractivity contribution in [3.63, 3.8) is 0 Å². The van der Waals surface area contributed by atoms with E-state index in [1.807, 2.05) is 19.9 Å². The summed E-state index contributed by atoms with van der Waals surface area (Å²) in [5.74, 6) is 0.207. The van der Waals surface area contributed by atoms with Gasteiger partial charge < -0.3 is 16.3 Å². The quantitative estimate of drug-likeness (QED) is 0.341. The number of nitrogens with one attached hydrogen (secondary N) is 1. The molecule has 0 spiro atoms. The van der Waals surface area contributed by atoms with Gasteiger partial charge in [0.1, 0.15) is 16.9 Å². The van der Waals surface area contributed by atoms with E-state index in [0.29, 0.717) is 18.0 Å². The Balaban J connectivity index is 2.10. The molecule has 0 aliphatic heterocycles. The van der Waals surface area contributed by atoms with Crippen LogP contribution in [0.3, 0.4) is 0 Å². The van der Waals surface area contributed by atoms with Gasteiger partial charge in [-0.05, 0) is 18.6 Å². The van der Waals surface area contributed by atoms with Crippen molar-refractivity contribution < 1.29 is 5.21 Å². The van der Waals surface area contributed by atoms with E-state index < -0.39 is 5.41 Å². The van der Waals surface area contributed by atoms with Gasteiger partial charge in [-0.25, -0.2) is 0 Å². The van der Waals surface area contributed by atoms with Crippen molar-refractivity contribution in [3.8, 4) is 0 Å². The van der Waals surface area contributed by atoms with Gasteiger partial charge in [0.25, 0.3) is 0 Å². The van der Waals surface area contributed by atoms with Crippen molar-refractivity contribution in [2.45, 2.75) is 20.3 Å². The summed E-state index contributed by atoms with van der Waals surface area (Å²) in [7, 11) is 0. The maximum atomic E-state index is 8.75. The number of halogens is 1. The van der Waals surface area contributed by atoms with Crippen LogP contribution >= 0.6 is 23.3 Å². The number of oxime groups is 1. The first-order valence-corrected chi connectivity index (χ1v) is 7.19. The van der Waals surface area contributed by atoms with Gasteiger partial charge in [-0.15, -0.1) is 0 Å². The molecule has 108 valence electrons. The van der Waals surface area contributed by atoms with Crippen LogP contribution < -0.4 is 11.1 Å². The number of anilines is 1. The van der Waals surface area contributed by atoms with Crippen LogP contribution in [0.1, 0.15) is 20.3 Å². The zero-order valence-electron chi connectivity index (χ0n) is 11.2. The molecule has 0 unspecified atom stereocenters. The predicted molar refractivity (Wildman–Crippen MR) is 82.7 cm³/mol. The number of amidine groups is 1. The summed E-state index contributed by atoms with van der Waals surface area (Å²) < 4.78 is 8.42. The lowest BCUT2D eigenvalue weighted by Crippen LogP contribution is -2.33. The lowest BCUT2D eigenvalue weighted by atomic mass is 9.88. The van der Waals surface area contributed by atoms with E-state index in [2.05, 4.69) is 19.2 Å². The van der Waals surface area contributed by atoms with E-state index in [-0.39, 0.29) is 5.84 Å². The van der Waals surface area contributed by atoms with E-state index in [1.165, 1.54) is 0 Å². The van der Waals surface area contributed by atoms with E-state index in [4.69, 9.17) is 22.5 Å². The first kappa shape index (κ1) is 14.8. The maximum absolute atomic E-state index is 8.75. The highest BCUT2D eigenvalue weighted by molar-refractivity contribution is 7.00. The summed E-state index contributed by atoms with van der Waals surface area (Å²) in [5.41, 5.74) is 7.62. The van der Waals surface area contributed by atoms with E-state index in [9.17, 15) is 0 Å². The second kappa shape index (κ2) is 5.80. The topological polar surface area (TPSA) is 96.4 Å². The summed E-state index contributed by atoms with van der Waals surface area (Å²) in [4.78, 5) is 0. The van der Waals surface area contributed by atoms with E-state index in [1.54, 1.807) is 6.07 Å². The highest BCUT2D eigenvalue weighted by Gasteiger charge is 2.23.